The smallest absolute Gasteiger partial charge is 0.223 e. The van der Waals surface area contributed by atoms with Crippen molar-refractivity contribution in [3.8, 4) is 6.07 Å². The number of hydrogen-bond donors (Lipinski definition) is 1. The number of carbonyl (C=O) groups excluding carboxylic acids is 1. The highest BCUT2D eigenvalue weighted by atomic mass is 16.2. The largest absolute Gasteiger partial charge is 0.346 e. The highest BCUT2D eigenvalue weighted by Crippen LogP contribution is 2.37. The standard InChI is InChI=1S/C22H27N7O/c1-14(3-7-23)28-9-5-16(6-10-28)29-20-17-4-8-24-21(17)25-12-18(20)26-22(29)15-11-19(30)27(2)13-15/h4,8,12,14-16H,3,5-6,9-11,13H2,1-2H3,(H,24,25). The first-order valence-electron chi connectivity index (χ1n) is 10.8. The van der Waals surface area contributed by atoms with E-state index in [1.807, 2.05) is 24.3 Å². The number of nitrogens with one attached hydrogen (secondary N) is 1. The van der Waals surface area contributed by atoms with E-state index in [9.17, 15) is 4.79 Å². The lowest BCUT2D eigenvalue weighted by Gasteiger charge is -2.36. The number of nitrogens with zero attached hydrogens (tertiary/aromatic N) is 6. The van der Waals surface area contributed by atoms with Crippen LogP contribution in [-0.2, 0) is 4.79 Å². The molecule has 2 aliphatic rings. The lowest BCUT2D eigenvalue weighted by molar-refractivity contribution is -0.126. The van der Waals surface area contributed by atoms with E-state index in [1.54, 1.807) is 0 Å². The topological polar surface area (TPSA) is 93.8 Å². The highest BCUT2D eigenvalue weighted by molar-refractivity contribution is 6.01. The molecule has 2 unspecified atom stereocenters. The minimum Gasteiger partial charge on any atom is -0.346 e. The number of likely N-dealkylation sites (N-methyl/N-ethyl adjacent to an activating group) is 1. The summed E-state index contributed by atoms with van der Waals surface area (Å²) in [4.78, 5) is 29.2. The Bertz CT molecular complexity index is 1130. The van der Waals surface area contributed by atoms with Gasteiger partial charge < -0.3 is 14.5 Å². The molecule has 0 bridgehead atoms. The Hall–Kier alpha value is -2.92. The fourth-order valence-electron chi connectivity index (χ4n) is 5.15. The molecule has 3 aromatic heterocycles. The van der Waals surface area contributed by atoms with Gasteiger partial charge >= 0.3 is 0 Å². The van der Waals surface area contributed by atoms with Crippen LogP contribution in [0, 0.1) is 11.3 Å². The van der Waals surface area contributed by atoms with Gasteiger partial charge in [0, 0.05) is 62.7 Å². The van der Waals surface area contributed by atoms with E-state index in [1.165, 1.54) is 0 Å². The molecule has 2 atom stereocenters. The lowest BCUT2D eigenvalue weighted by Crippen LogP contribution is -2.40. The second-order valence-electron chi connectivity index (χ2n) is 8.73. The summed E-state index contributed by atoms with van der Waals surface area (Å²) in [5.74, 6) is 1.31. The van der Waals surface area contributed by atoms with Gasteiger partial charge in [-0.25, -0.2) is 9.97 Å². The fraction of sp³-hybridized carbons (Fsp3) is 0.545. The van der Waals surface area contributed by atoms with Crippen LogP contribution in [0.2, 0.25) is 0 Å². The predicted octanol–water partition coefficient (Wildman–Crippen LogP) is 2.80. The van der Waals surface area contributed by atoms with Gasteiger partial charge in [0.1, 0.15) is 17.0 Å². The molecular formula is C22H27N7O. The van der Waals surface area contributed by atoms with Crippen LogP contribution in [0.25, 0.3) is 22.1 Å². The number of hydrogen-bond acceptors (Lipinski definition) is 5. The maximum atomic E-state index is 12.2. The van der Waals surface area contributed by atoms with Gasteiger partial charge in [-0.15, -0.1) is 0 Å². The van der Waals surface area contributed by atoms with Crippen LogP contribution in [0.1, 0.15) is 50.4 Å². The summed E-state index contributed by atoms with van der Waals surface area (Å²) in [6, 6.07) is 4.99. The maximum absolute atomic E-state index is 12.2. The van der Waals surface area contributed by atoms with Crippen molar-refractivity contribution < 1.29 is 4.79 Å². The fourth-order valence-corrected chi connectivity index (χ4v) is 5.15. The molecule has 2 saturated heterocycles. The molecule has 1 amide bonds. The average Bonchev–Trinajstić information content (AvgIpc) is 3.44. The highest BCUT2D eigenvalue weighted by Gasteiger charge is 2.35. The summed E-state index contributed by atoms with van der Waals surface area (Å²) in [6.07, 6.45) is 6.88. The predicted molar refractivity (Wildman–Crippen MR) is 114 cm³/mol. The maximum Gasteiger partial charge on any atom is 0.223 e. The summed E-state index contributed by atoms with van der Waals surface area (Å²) in [5, 5.41) is 10.1. The van der Waals surface area contributed by atoms with Crippen molar-refractivity contribution in [2.24, 2.45) is 0 Å². The number of carbonyl (C=O) groups is 1. The number of fused-ring (bicyclic) bond motifs is 3. The molecule has 8 heteroatoms. The Morgan fingerprint density at radius 2 is 2.17 bits per heavy atom. The quantitative estimate of drug-likeness (QED) is 0.720. The van der Waals surface area contributed by atoms with E-state index < -0.39 is 0 Å². The summed E-state index contributed by atoms with van der Waals surface area (Å²) >= 11 is 0. The van der Waals surface area contributed by atoms with E-state index in [0.29, 0.717) is 25.4 Å². The van der Waals surface area contributed by atoms with Gasteiger partial charge in [-0.3, -0.25) is 9.69 Å². The average molecular weight is 406 g/mol. The van der Waals surface area contributed by atoms with Crippen LogP contribution < -0.4 is 0 Å². The number of pyridine rings is 1. The number of aromatic amines is 1. The number of H-pyrrole nitrogens is 1. The van der Waals surface area contributed by atoms with Crippen molar-refractivity contribution in [3.05, 3.63) is 24.3 Å². The Balaban J connectivity index is 1.56. The molecule has 2 fully saturated rings. The molecule has 5 heterocycles. The molecule has 156 valence electrons. The van der Waals surface area contributed by atoms with Gasteiger partial charge in [0.15, 0.2) is 0 Å². The first-order valence-corrected chi connectivity index (χ1v) is 10.8. The Labute approximate surface area is 175 Å². The van der Waals surface area contributed by atoms with Crippen molar-refractivity contribution in [1.82, 2.24) is 29.3 Å². The molecule has 0 aromatic carbocycles. The van der Waals surface area contributed by atoms with Gasteiger partial charge in [0.05, 0.1) is 24.2 Å². The van der Waals surface area contributed by atoms with Crippen molar-refractivity contribution in [3.63, 3.8) is 0 Å². The molecule has 2 aliphatic heterocycles. The van der Waals surface area contributed by atoms with Crippen LogP contribution in [-0.4, -0.2) is 67.9 Å². The number of nitriles is 1. The summed E-state index contributed by atoms with van der Waals surface area (Å²) in [6.45, 7) is 4.79. The molecule has 3 aromatic rings. The SMILES string of the molecule is CC(CC#N)N1CCC(n2c(C3CC(=O)N(C)C3)nc3cnc4[nH]ccc4c32)CC1. The summed E-state index contributed by atoms with van der Waals surface area (Å²) in [7, 11) is 1.87. The Morgan fingerprint density at radius 1 is 1.37 bits per heavy atom. The Kier molecular flexibility index (Phi) is 4.70. The lowest BCUT2D eigenvalue weighted by atomic mass is 10.0. The number of amides is 1. The van der Waals surface area contributed by atoms with Crippen molar-refractivity contribution in [2.45, 2.75) is 50.6 Å². The molecule has 5 rings (SSSR count). The molecule has 30 heavy (non-hydrogen) atoms. The number of aromatic nitrogens is 4. The van der Waals surface area contributed by atoms with Gasteiger partial charge in [0.2, 0.25) is 5.91 Å². The minimum atomic E-state index is 0.111. The van der Waals surface area contributed by atoms with Gasteiger partial charge in [0.25, 0.3) is 0 Å². The van der Waals surface area contributed by atoms with Crippen LogP contribution in [0.15, 0.2) is 18.5 Å². The molecule has 0 radical (unpaired) electrons. The first kappa shape index (κ1) is 19.1. The van der Waals surface area contributed by atoms with Gasteiger partial charge in [-0.2, -0.15) is 5.26 Å². The second-order valence-corrected chi connectivity index (χ2v) is 8.73. The van der Waals surface area contributed by atoms with Crippen LogP contribution in [0.4, 0.5) is 0 Å². The van der Waals surface area contributed by atoms with E-state index >= 15 is 0 Å². The summed E-state index contributed by atoms with van der Waals surface area (Å²) < 4.78 is 2.41. The first-order chi connectivity index (χ1) is 14.6. The molecule has 0 spiro atoms. The third-order valence-corrected chi connectivity index (χ3v) is 6.84. The van der Waals surface area contributed by atoms with Crippen LogP contribution in [0.3, 0.4) is 0 Å². The zero-order valence-electron chi connectivity index (χ0n) is 17.5. The van der Waals surface area contributed by atoms with Crippen LogP contribution in [0.5, 0.6) is 0 Å². The number of piperidine rings is 1. The van der Waals surface area contributed by atoms with E-state index in [2.05, 4.69) is 38.5 Å². The summed E-state index contributed by atoms with van der Waals surface area (Å²) in [5.41, 5.74) is 2.90. The molecule has 0 saturated carbocycles. The number of likely N-dealkylation sites (tertiary alicyclic amines) is 2. The minimum absolute atomic E-state index is 0.111. The third-order valence-electron chi connectivity index (χ3n) is 6.84. The third kappa shape index (κ3) is 3.05. The number of imidazole rings is 1. The van der Waals surface area contributed by atoms with Gasteiger partial charge in [-0.1, -0.05) is 0 Å². The number of rotatable bonds is 4. The Morgan fingerprint density at radius 3 is 2.87 bits per heavy atom. The zero-order valence-corrected chi connectivity index (χ0v) is 17.5. The van der Waals surface area contributed by atoms with Crippen LogP contribution >= 0.6 is 0 Å². The van der Waals surface area contributed by atoms with Crippen molar-refractivity contribution >= 4 is 28.0 Å². The molecular weight excluding hydrogens is 378 g/mol. The molecule has 0 aliphatic carbocycles. The molecule has 1 N–H and O–H groups in total. The second kappa shape index (κ2) is 7.40. The van der Waals surface area contributed by atoms with Crippen molar-refractivity contribution in [2.75, 3.05) is 26.7 Å². The normalized spacial score (nSPS) is 22.2. The van der Waals surface area contributed by atoms with E-state index in [-0.39, 0.29) is 17.9 Å². The van der Waals surface area contributed by atoms with Gasteiger partial charge in [-0.05, 0) is 25.8 Å². The zero-order chi connectivity index (χ0) is 20.8. The monoisotopic (exact) mass is 405 g/mol. The van der Waals surface area contributed by atoms with Crippen molar-refractivity contribution in [1.29, 1.82) is 5.26 Å². The molecule has 8 nitrogen and oxygen atoms in total. The van der Waals surface area contributed by atoms with E-state index in [4.69, 9.17) is 10.2 Å². The van der Waals surface area contributed by atoms with E-state index in [0.717, 1.165) is 53.8 Å².